The Labute approximate surface area is 832 Å². The fourth-order valence-electron chi connectivity index (χ4n) is 18.8. The minimum atomic E-state index is -1.67. The van der Waals surface area contributed by atoms with Crippen molar-refractivity contribution in [3.63, 3.8) is 0 Å². The lowest BCUT2D eigenvalue weighted by Gasteiger charge is -2.45. The fourth-order valence-corrected chi connectivity index (χ4v) is 20.2. The average molecular weight is 2050 g/mol. The summed E-state index contributed by atoms with van der Waals surface area (Å²) in [6.45, 7) is 39.5. The number of piperazine rings is 3. The van der Waals surface area contributed by atoms with Gasteiger partial charge in [0, 0.05) is 110 Å². The third-order valence-electron chi connectivity index (χ3n) is 24.9. The van der Waals surface area contributed by atoms with Gasteiger partial charge in [0.1, 0.15) is 78.9 Å². The van der Waals surface area contributed by atoms with E-state index in [2.05, 4.69) is 67.8 Å². The first-order valence-electron chi connectivity index (χ1n) is 43.9. The number of rotatable bonds is 15. The maximum Gasteiger partial charge on any atom is 0.276 e. The van der Waals surface area contributed by atoms with Crippen LogP contribution in [-0.4, -0.2) is 152 Å². The Morgan fingerprint density at radius 3 is 0.865 bits per heavy atom. The molecule has 732 valence electrons. The van der Waals surface area contributed by atoms with E-state index in [1.54, 1.807) is 87.0 Å². The van der Waals surface area contributed by atoms with E-state index in [1.807, 2.05) is 83.1 Å². The van der Waals surface area contributed by atoms with Crippen molar-refractivity contribution in [1.29, 1.82) is 15.8 Å². The van der Waals surface area contributed by atoms with Crippen LogP contribution in [0.4, 0.5) is 73.6 Å². The molecule has 3 fully saturated rings. The number of aromatic nitrogens is 9. The lowest BCUT2D eigenvalue weighted by Crippen LogP contribution is -2.58. The number of hydrogen-bond acceptors (Lipinski definition) is 21. The number of pyridine rings is 9. The largest absolute Gasteiger partial charge is 0.394 e. The summed E-state index contributed by atoms with van der Waals surface area (Å²) in [5, 5.41) is 28.2. The Bertz CT molecular complexity index is 6860. The molecule has 12 heterocycles. The number of amides is 3. The predicted molar refractivity (Wildman–Crippen MR) is 530 cm³/mol. The lowest BCUT2D eigenvalue weighted by molar-refractivity contribution is -0.131. The van der Waals surface area contributed by atoms with Gasteiger partial charge in [0.2, 0.25) is 17.7 Å². The molecule has 12 aromatic rings. The van der Waals surface area contributed by atoms with E-state index >= 15 is 22.0 Å². The molecule has 3 aromatic carbocycles. The number of anilines is 6. The summed E-state index contributed by atoms with van der Waals surface area (Å²) in [5.41, 5.74) is 11.2. The monoisotopic (exact) mass is 2050 g/mol. The number of aryl methyl sites for hydroxylation is 3. The third-order valence-corrected chi connectivity index (χ3v) is 26.8. The second-order valence-corrected chi connectivity index (χ2v) is 37.7. The van der Waals surface area contributed by atoms with Crippen LogP contribution in [0.1, 0.15) is 151 Å². The van der Waals surface area contributed by atoms with E-state index in [1.165, 1.54) is 50.1 Å². The molecule has 141 heavy (non-hydrogen) atoms. The van der Waals surface area contributed by atoms with Gasteiger partial charge in [-0.25, -0.2) is 54.5 Å². The van der Waals surface area contributed by atoms with Crippen molar-refractivity contribution in [3.8, 4) is 69.0 Å². The molecule has 0 aliphatic carbocycles. The highest BCUT2D eigenvalue weighted by Gasteiger charge is 2.42. The maximum absolute atomic E-state index is 15.5. The number of hydrogen-bond donors (Lipinski definition) is 3. The highest BCUT2D eigenvalue weighted by molar-refractivity contribution is 6.38. The van der Waals surface area contributed by atoms with Crippen LogP contribution in [-0.2, 0) is 14.4 Å². The number of benzene rings is 3. The number of nitrogens with zero attached hydrogens (tertiary/aromatic N) is 18. The highest BCUT2D eigenvalue weighted by atomic mass is 35.5. The SMILES string of the molecule is C=CC(=O)N1[C@H](C)CN(c2c(C#N)c(=O)n(-c3c(C)ccnc3C(C)C)c3nc(-c4c(F)c(N)c(F)c(Cl)c4F)c(Cl)cc23)C[C@@H]1C.C=CC(=O)N1[C@H](C)CN(c2c(C#N)c(=O)n(-c3c(C)ccnc3C(C)C)c3nc(-c4c(F)c(N)c(F)c(Cl)c4F)c(Cl)cc23)C[C@@H]1C.C=CC(=O)N1[C@H](C)CN(c2c(C#N)c(=O)n(-c3c(C)ccnc3C(C)C)c3nc(-c4c(F)c(N)c(F)c(F)c4Cl)c(Cl)cc23)C[C@@H]1C. The fraction of sp³-hybridized carbons (Fsp3) is 0.303. The number of fused-ring (bicyclic) bond motifs is 3. The number of carbonyl (C=O) groups is 3. The Kier molecular flexibility index (Phi) is 30.3. The second-order valence-electron chi connectivity index (χ2n) is 35.3. The molecule has 0 unspecified atom stereocenters. The second kappa shape index (κ2) is 40.8. The zero-order valence-electron chi connectivity index (χ0n) is 78.4. The molecule has 3 saturated heterocycles. The number of carbonyl (C=O) groups excluding carboxylic acids is 3. The summed E-state index contributed by atoms with van der Waals surface area (Å²) in [6.07, 6.45) is 8.42. The van der Waals surface area contributed by atoms with Crippen LogP contribution in [0.2, 0.25) is 30.1 Å². The van der Waals surface area contributed by atoms with Crippen LogP contribution in [0.15, 0.2) is 107 Å². The highest BCUT2D eigenvalue weighted by Crippen LogP contribution is 2.49. The summed E-state index contributed by atoms with van der Waals surface area (Å²) in [4.78, 5) is 119. The zero-order chi connectivity index (χ0) is 104. The molecule has 3 aliphatic heterocycles. The molecule has 6 atom stereocenters. The van der Waals surface area contributed by atoms with E-state index in [0.29, 0.717) is 50.8 Å². The van der Waals surface area contributed by atoms with Gasteiger partial charge in [-0.2, -0.15) is 15.8 Å². The smallest absolute Gasteiger partial charge is 0.276 e. The van der Waals surface area contributed by atoms with E-state index < -0.39 is 135 Å². The van der Waals surface area contributed by atoms with Crippen LogP contribution in [0.5, 0.6) is 0 Å². The molecular formula is C99H90Cl6F9N21O6. The lowest BCUT2D eigenvalue weighted by atomic mass is 10.0. The number of nitriles is 3. The number of nitrogen functional groups attached to an aromatic ring is 3. The van der Waals surface area contributed by atoms with Crippen LogP contribution in [0.25, 0.3) is 83.9 Å². The first kappa shape index (κ1) is 105. The van der Waals surface area contributed by atoms with Crippen LogP contribution in [0.3, 0.4) is 0 Å². The van der Waals surface area contributed by atoms with Gasteiger partial charge in [-0.05, 0) is 151 Å². The first-order valence-corrected chi connectivity index (χ1v) is 46.1. The quantitative estimate of drug-likeness (QED) is 0.0282. The molecule has 9 aromatic heterocycles. The maximum atomic E-state index is 15.5. The Hall–Kier alpha value is -13.8. The van der Waals surface area contributed by atoms with Gasteiger partial charge in [0.05, 0.1) is 105 Å². The van der Waals surface area contributed by atoms with Crippen LogP contribution < -0.4 is 48.6 Å². The number of nitrogens with two attached hydrogens (primary N) is 3. The van der Waals surface area contributed by atoms with Crippen molar-refractivity contribution >= 4 is 155 Å². The van der Waals surface area contributed by atoms with E-state index in [-0.39, 0.29) is 193 Å². The molecule has 42 heteroatoms. The summed E-state index contributed by atoms with van der Waals surface area (Å²) in [7, 11) is 0. The van der Waals surface area contributed by atoms with E-state index in [9.17, 15) is 62.1 Å². The van der Waals surface area contributed by atoms with Gasteiger partial charge in [-0.1, -0.05) is 131 Å². The molecule has 3 amide bonds. The van der Waals surface area contributed by atoms with Crippen molar-refractivity contribution in [2.24, 2.45) is 0 Å². The topological polar surface area (TPSA) is 363 Å². The van der Waals surface area contributed by atoms with E-state index in [4.69, 9.17) is 86.8 Å². The van der Waals surface area contributed by atoms with Crippen molar-refractivity contribution in [1.82, 2.24) is 58.3 Å². The van der Waals surface area contributed by atoms with Gasteiger partial charge < -0.3 is 46.6 Å². The molecular weight excluding hydrogens is 1960 g/mol. The minimum absolute atomic E-state index is 0.0786. The summed E-state index contributed by atoms with van der Waals surface area (Å²) in [5.74, 6) is -15.0. The van der Waals surface area contributed by atoms with E-state index in [0.717, 1.165) is 0 Å². The number of halogens is 15. The first-order chi connectivity index (χ1) is 66.5. The molecule has 15 rings (SSSR count). The van der Waals surface area contributed by atoms with Crippen LogP contribution in [0, 0.1) is 107 Å². The molecule has 6 N–H and O–H groups in total. The van der Waals surface area contributed by atoms with Gasteiger partial charge in [-0.15, -0.1) is 0 Å². The summed E-state index contributed by atoms with van der Waals surface area (Å²) >= 11 is 37.9. The Morgan fingerprint density at radius 1 is 0.383 bits per heavy atom. The molecule has 3 aliphatic rings. The van der Waals surface area contributed by atoms with Gasteiger partial charge >= 0.3 is 0 Å². The normalized spacial score (nSPS) is 16.6. The Balaban J connectivity index is 0.000000178. The van der Waals surface area contributed by atoms with Crippen molar-refractivity contribution in [2.45, 2.75) is 158 Å². The average Bonchev–Trinajstić information content (AvgIpc) is 0.725. The summed E-state index contributed by atoms with van der Waals surface area (Å²) in [6, 6.07) is 13.1. The van der Waals surface area contributed by atoms with Gasteiger partial charge in [0.15, 0.2) is 52.4 Å². The molecule has 0 radical (unpaired) electrons. The van der Waals surface area contributed by atoms with Crippen molar-refractivity contribution in [3.05, 3.63) is 257 Å². The molecule has 0 saturated carbocycles. The zero-order valence-corrected chi connectivity index (χ0v) is 82.9. The third kappa shape index (κ3) is 18.1. The summed E-state index contributed by atoms with van der Waals surface area (Å²) < 4.78 is 139. The Morgan fingerprint density at radius 2 is 0.624 bits per heavy atom. The molecule has 27 nitrogen and oxygen atoms in total. The van der Waals surface area contributed by atoms with Crippen molar-refractivity contribution in [2.75, 3.05) is 71.2 Å². The molecule has 0 spiro atoms. The van der Waals surface area contributed by atoms with Gasteiger partial charge in [-0.3, -0.25) is 57.4 Å². The minimum Gasteiger partial charge on any atom is -0.394 e. The molecule has 0 bridgehead atoms. The van der Waals surface area contributed by atoms with Gasteiger partial charge in [0.25, 0.3) is 16.7 Å². The predicted octanol–water partition coefficient (Wildman–Crippen LogP) is 20.0. The van der Waals surface area contributed by atoms with Crippen molar-refractivity contribution < 1.29 is 53.9 Å². The van der Waals surface area contributed by atoms with Crippen LogP contribution >= 0.6 is 69.6 Å². The standard InChI is InChI=1S/3C33H30Cl2F3N7O2/c2*1-7-21(46)44-16(5)12-43(13-17(44)6)31-18-10-20(34)29(22-24(36)23(35)26(38)27(40)25(22)37)42-32(18)45(33(47)19(31)11-39)30-15(4)8-9-41-28(30)14(2)3;1-7-21(46)44-16(5)12-43(13-17(44)6)31-18-10-20(34)29(22-23(35)25(37)26(38)27(40)24(22)36)42-32(18)45(33(47)19(31)11-39)30-15(4)8-9-41-28(30)14(2)3/h3*7-10,14,16-17H,1,12-13,40H2,2-6H3/t3*16-,17+.